The molecule has 0 saturated heterocycles. The average molecular weight is 212 g/mol. The highest BCUT2D eigenvalue weighted by Crippen LogP contribution is 2.15. The Labute approximate surface area is 93.3 Å². The van der Waals surface area contributed by atoms with Crippen LogP contribution in [0.2, 0.25) is 0 Å². The lowest BCUT2D eigenvalue weighted by atomic mass is 9.93. The molecule has 0 aromatic heterocycles. The van der Waals surface area contributed by atoms with Gasteiger partial charge >= 0.3 is 0 Å². The number of carbonyl (C=O) groups excluding carboxylic acids is 1. The van der Waals surface area contributed by atoms with Gasteiger partial charge in [0.15, 0.2) is 0 Å². The molecule has 0 aromatic rings. The van der Waals surface area contributed by atoms with Gasteiger partial charge < -0.3 is 10.6 Å². The van der Waals surface area contributed by atoms with Crippen molar-refractivity contribution in [3.8, 4) is 0 Å². The minimum absolute atomic E-state index is 0.0170. The topological polar surface area (TPSA) is 46.3 Å². The van der Waals surface area contributed by atoms with E-state index in [0.29, 0.717) is 13.1 Å². The van der Waals surface area contributed by atoms with E-state index in [2.05, 4.69) is 13.8 Å². The summed E-state index contributed by atoms with van der Waals surface area (Å²) in [5, 5.41) is 0. The van der Waals surface area contributed by atoms with E-state index >= 15 is 0 Å². The Morgan fingerprint density at radius 2 is 2.00 bits per heavy atom. The molecule has 0 rings (SSSR count). The first kappa shape index (κ1) is 14.2. The average Bonchev–Trinajstić information content (AvgIpc) is 2.16. The van der Waals surface area contributed by atoms with Gasteiger partial charge in [0.05, 0.1) is 0 Å². The first-order valence-corrected chi connectivity index (χ1v) is 5.46. The zero-order valence-corrected chi connectivity index (χ0v) is 10.6. The van der Waals surface area contributed by atoms with Gasteiger partial charge in [-0.3, -0.25) is 4.79 Å². The third-order valence-corrected chi connectivity index (χ3v) is 2.41. The van der Waals surface area contributed by atoms with Crippen LogP contribution >= 0.6 is 0 Å². The fourth-order valence-electron chi connectivity index (χ4n) is 1.47. The Morgan fingerprint density at radius 3 is 2.40 bits per heavy atom. The summed E-state index contributed by atoms with van der Waals surface area (Å²) in [5.41, 5.74) is 6.43. The van der Waals surface area contributed by atoms with Gasteiger partial charge in [0, 0.05) is 19.2 Å². The molecule has 3 heteroatoms. The molecular formula is C12H24N2O. The zero-order chi connectivity index (χ0) is 12.1. The van der Waals surface area contributed by atoms with Gasteiger partial charge in [0.2, 0.25) is 5.91 Å². The second-order valence-electron chi connectivity index (χ2n) is 4.82. The number of amides is 1. The van der Waals surface area contributed by atoms with Gasteiger partial charge in [-0.1, -0.05) is 26.8 Å². The summed E-state index contributed by atoms with van der Waals surface area (Å²) in [6.45, 7) is 9.29. The molecule has 0 aliphatic rings. The molecule has 0 aromatic carbocycles. The van der Waals surface area contributed by atoms with Crippen LogP contribution in [0.1, 0.15) is 34.1 Å². The van der Waals surface area contributed by atoms with E-state index in [-0.39, 0.29) is 11.3 Å². The molecule has 1 amide bonds. The van der Waals surface area contributed by atoms with Gasteiger partial charge in [-0.15, -0.1) is 0 Å². The molecule has 15 heavy (non-hydrogen) atoms. The highest BCUT2D eigenvalue weighted by molar-refractivity contribution is 5.92. The number of likely N-dealkylation sites (N-methyl/N-ethyl adjacent to an activating group) is 1. The predicted molar refractivity (Wildman–Crippen MR) is 64.5 cm³/mol. The summed E-state index contributed by atoms with van der Waals surface area (Å²) in [6.07, 6.45) is 2.85. The first-order chi connectivity index (χ1) is 6.84. The lowest BCUT2D eigenvalue weighted by molar-refractivity contribution is -0.127. The molecular weight excluding hydrogens is 188 g/mol. The number of hydrogen-bond donors (Lipinski definition) is 1. The van der Waals surface area contributed by atoms with Crippen LogP contribution in [0.15, 0.2) is 11.6 Å². The fourth-order valence-corrected chi connectivity index (χ4v) is 1.47. The van der Waals surface area contributed by atoms with Crippen LogP contribution in [0, 0.1) is 5.41 Å². The van der Waals surface area contributed by atoms with Crippen molar-refractivity contribution in [3.63, 3.8) is 0 Å². The number of nitrogens with two attached hydrogens (primary N) is 1. The van der Waals surface area contributed by atoms with E-state index in [0.717, 1.165) is 12.0 Å². The minimum atomic E-state index is -0.0170. The molecule has 0 aliphatic carbocycles. The van der Waals surface area contributed by atoms with Crippen LogP contribution in [-0.4, -0.2) is 30.9 Å². The van der Waals surface area contributed by atoms with Crippen LogP contribution in [-0.2, 0) is 4.79 Å². The summed E-state index contributed by atoms with van der Waals surface area (Å²) in [7, 11) is 1.83. The third kappa shape index (κ3) is 4.98. The fraction of sp³-hybridized carbons (Fsp3) is 0.750. The highest BCUT2D eigenvalue weighted by atomic mass is 16.2. The maximum Gasteiger partial charge on any atom is 0.248 e. The van der Waals surface area contributed by atoms with Crippen molar-refractivity contribution < 1.29 is 4.79 Å². The van der Waals surface area contributed by atoms with E-state index in [1.807, 2.05) is 27.0 Å². The normalized spacial score (nSPS) is 12.8. The molecule has 0 unspecified atom stereocenters. The quantitative estimate of drug-likeness (QED) is 0.706. The summed E-state index contributed by atoms with van der Waals surface area (Å²) < 4.78 is 0. The van der Waals surface area contributed by atoms with Crippen LogP contribution in [0.5, 0.6) is 0 Å². The minimum Gasteiger partial charge on any atom is -0.341 e. The van der Waals surface area contributed by atoms with E-state index in [1.165, 1.54) is 0 Å². The molecule has 0 bridgehead atoms. The number of allylic oxidation sites excluding steroid dienone is 1. The van der Waals surface area contributed by atoms with Gasteiger partial charge in [0.25, 0.3) is 0 Å². The summed E-state index contributed by atoms with van der Waals surface area (Å²) in [5.74, 6) is 0.0957. The van der Waals surface area contributed by atoms with E-state index in [9.17, 15) is 4.79 Å². The number of carbonyl (C=O) groups is 1. The third-order valence-electron chi connectivity index (χ3n) is 2.41. The van der Waals surface area contributed by atoms with Gasteiger partial charge in [-0.25, -0.2) is 0 Å². The Hall–Kier alpha value is -0.830. The molecule has 0 fully saturated rings. The van der Waals surface area contributed by atoms with E-state index < -0.39 is 0 Å². The SMILES string of the molecule is CCC=C(C)C(=O)N(C)CC(C)(C)CN. The molecule has 0 heterocycles. The van der Waals surface area contributed by atoms with Gasteiger partial charge in [-0.05, 0) is 25.3 Å². The molecule has 2 N–H and O–H groups in total. The Kier molecular flexibility index (Phi) is 5.58. The Balaban J connectivity index is 4.40. The van der Waals surface area contributed by atoms with E-state index in [4.69, 9.17) is 5.73 Å². The van der Waals surface area contributed by atoms with Crippen LogP contribution in [0.25, 0.3) is 0 Å². The van der Waals surface area contributed by atoms with Crippen molar-refractivity contribution in [3.05, 3.63) is 11.6 Å². The van der Waals surface area contributed by atoms with Gasteiger partial charge in [0.1, 0.15) is 0 Å². The van der Waals surface area contributed by atoms with Crippen LogP contribution < -0.4 is 5.73 Å². The monoisotopic (exact) mass is 212 g/mol. The van der Waals surface area contributed by atoms with Crippen molar-refractivity contribution >= 4 is 5.91 Å². The lowest BCUT2D eigenvalue weighted by Gasteiger charge is -2.29. The maximum absolute atomic E-state index is 11.8. The number of rotatable bonds is 5. The van der Waals surface area contributed by atoms with Crippen LogP contribution in [0.4, 0.5) is 0 Å². The predicted octanol–water partition coefficient (Wildman–Crippen LogP) is 1.79. The molecule has 3 nitrogen and oxygen atoms in total. The van der Waals surface area contributed by atoms with E-state index in [1.54, 1.807) is 4.90 Å². The largest absolute Gasteiger partial charge is 0.341 e. The maximum atomic E-state index is 11.8. The molecule has 0 atom stereocenters. The van der Waals surface area contributed by atoms with Crippen molar-refractivity contribution in [2.24, 2.45) is 11.1 Å². The second kappa shape index (κ2) is 5.91. The second-order valence-corrected chi connectivity index (χ2v) is 4.82. The Morgan fingerprint density at radius 1 is 1.47 bits per heavy atom. The smallest absolute Gasteiger partial charge is 0.248 e. The zero-order valence-electron chi connectivity index (χ0n) is 10.6. The van der Waals surface area contributed by atoms with Crippen molar-refractivity contribution in [1.29, 1.82) is 0 Å². The van der Waals surface area contributed by atoms with Crippen molar-refractivity contribution in [2.45, 2.75) is 34.1 Å². The summed E-state index contributed by atoms with van der Waals surface area (Å²) in [6, 6.07) is 0. The molecule has 0 spiro atoms. The summed E-state index contributed by atoms with van der Waals surface area (Å²) >= 11 is 0. The molecule has 0 saturated carbocycles. The van der Waals surface area contributed by atoms with Crippen LogP contribution in [0.3, 0.4) is 0 Å². The summed E-state index contributed by atoms with van der Waals surface area (Å²) in [4.78, 5) is 13.6. The highest BCUT2D eigenvalue weighted by Gasteiger charge is 2.21. The van der Waals surface area contributed by atoms with Crippen molar-refractivity contribution in [2.75, 3.05) is 20.1 Å². The molecule has 0 radical (unpaired) electrons. The van der Waals surface area contributed by atoms with Gasteiger partial charge in [-0.2, -0.15) is 0 Å². The van der Waals surface area contributed by atoms with Crippen molar-refractivity contribution in [1.82, 2.24) is 4.90 Å². The number of hydrogen-bond acceptors (Lipinski definition) is 2. The Bertz CT molecular complexity index is 244. The number of nitrogens with zero attached hydrogens (tertiary/aromatic N) is 1. The molecule has 88 valence electrons. The molecule has 0 aliphatic heterocycles. The lowest BCUT2D eigenvalue weighted by Crippen LogP contribution is -2.40. The first-order valence-electron chi connectivity index (χ1n) is 5.46. The standard InChI is InChI=1S/C12H24N2O/c1-6-7-10(2)11(15)14(5)9-12(3,4)8-13/h7H,6,8-9,13H2,1-5H3.